The Kier molecular flexibility index (Phi) is 5.28. The summed E-state index contributed by atoms with van der Waals surface area (Å²) >= 11 is 3.64. The van der Waals surface area contributed by atoms with Gasteiger partial charge in [0.05, 0.1) is 16.8 Å². The van der Waals surface area contributed by atoms with Crippen LogP contribution in [0.1, 0.15) is 12.5 Å². The zero-order chi connectivity index (χ0) is 12.8. The fraction of sp³-hybridized carbons (Fsp3) is 0.462. The van der Waals surface area contributed by atoms with Crippen LogP contribution in [0.4, 0.5) is 0 Å². The largest absolute Gasteiger partial charge is 0.312 e. The highest BCUT2D eigenvalue weighted by Crippen LogP contribution is 2.25. The summed E-state index contributed by atoms with van der Waals surface area (Å²) in [7, 11) is 0. The van der Waals surface area contributed by atoms with Crippen LogP contribution < -0.4 is 5.32 Å². The molecule has 0 fully saturated rings. The molecule has 0 saturated heterocycles. The first-order valence-electron chi connectivity index (χ1n) is 6.07. The maximum atomic E-state index is 4.15. The van der Waals surface area contributed by atoms with Crippen molar-refractivity contribution in [2.45, 2.75) is 13.5 Å². The first-order chi connectivity index (χ1) is 8.81. The third-order valence-electron chi connectivity index (χ3n) is 2.74. The van der Waals surface area contributed by atoms with Crippen LogP contribution in [0.3, 0.4) is 0 Å². The van der Waals surface area contributed by atoms with E-state index < -0.39 is 0 Å². The second-order valence-corrected chi connectivity index (χ2v) is 6.30. The highest BCUT2D eigenvalue weighted by Gasteiger charge is 2.08. The molecule has 2 rings (SSSR count). The zero-order valence-electron chi connectivity index (χ0n) is 10.8. The Morgan fingerprint density at radius 3 is 3.17 bits per heavy atom. The first kappa shape index (κ1) is 13.6. The summed E-state index contributed by atoms with van der Waals surface area (Å²) in [6.45, 7) is 4.21. The lowest BCUT2D eigenvalue weighted by atomic mass is 10.2. The minimum Gasteiger partial charge on any atom is -0.312 e. The molecule has 2 N–H and O–H groups in total. The van der Waals surface area contributed by atoms with Crippen LogP contribution in [0.15, 0.2) is 23.7 Å². The van der Waals surface area contributed by atoms with Crippen molar-refractivity contribution in [1.82, 2.24) is 15.5 Å². The number of nitrogens with zero attached hydrogens (tertiary/aromatic N) is 1. The number of rotatable bonds is 7. The molecule has 5 heteroatoms. The maximum absolute atomic E-state index is 4.15. The quantitative estimate of drug-likeness (QED) is 0.818. The molecule has 0 saturated carbocycles. The van der Waals surface area contributed by atoms with Crippen molar-refractivity contribution < 1.29 is 0 Å². The van der Waals surface area contributed by atoms with Gasteiger partial charge in [-0.25, -0.2) is 0 Å². The Hall–Kier alpha value is -0.780. The Labute approximate surface area is 116 Å². The van der Waals surface area contributed by atoms with Crippen LogP contribution in [0.2, 0.25) is 0 Å². The molecular formula is C13H19N3S2. The Morgan fingerprint density at radius 1 is 1.56 bits per heavy atom. The summed E-state index contributed by atoms with van der Waals surface area (Å²) in [6.07, 6.45) is 4.07. The van der Waals surface area contributed by atoms with E-state index in [1.165, 1.54) is 16.2 Å². The topological polar surface area (TPSA) is 40.7 Å². The van der Waals surface area contributed by atoms with Crippen LogP contribution in [0.5, 0.6) is 0 Å². The van der Waals surface area contributed by atoms with Gasteiger partial charge in [-0.2, -0.15) is 16.9 Å². The van der Waals surface area contributed by atoms with Crippen LogP contribution >= 0.6 is 23.1 Å². The van der Waals surface area contributed by atoms with Gasteiger partial charge in [-0.05, 0) is 35.9 Å². The van der Waals surface area contributed by atoms with Gasteiger partial charge in [0.2, 0.25) is 0 Å². The van der Waals surface area contributed by atoms with Gasteiger partial charge in [0.1, 0.15) is 0 Å². The number of thiophene rings is 1. The zero-order valence-corrected chi connectivity index (χ0v) is 12.4. The molecule has 1 atom stereocenters. The maximum Gasteiger partial charge on any atom is 0.0794 e. The second-order valence-electron chi connectivity index (χ2n) is 4.44. The van der Waals surface area contributed by atoms with E-state index in [0.29, 0.717) is 5.92 Å². The first-order valence-corrected chi connectivity index (χ1v) is 8.34. The molecule has 2 aromatic rings. The van der Waals surface area contributed by atoms with E-state index in [4.69, 9.17) is 0 Å². The van der Waals surface area contributed by atoms with Crippen molar-refractivity contribution in [3.8, 4) is 10.6 Å². The number of aromatic nitrogens is 2. The summed E-state index contributed by atoms with van der Waals surface area (Å²) in [6, 6.07) is 4.19. The SMILES string of the molecule is CSCC(C)CNCc1cn[nH]c1-c1cccs1. The van der Waals surface area contributed by atoms with Crippen molar-refractivity contribution in [3.63, 3.8) is 0 Å². The van der Waals surface area contributed by atoms with E-state index in [1.807, 2.05) is 18.0 Å². The third kappa shape index (κ3) is 3.60. The number of hydrogen-bond acceptors (Lipinski definition) is 4. The highest BCUT2D eigenvalue weighted by atomic mass is 32.2. The predicted octanol–water partition coefficient (Wildman–Crippen LogP) is 3.23. The fourth-order valence-electron chi connectivity index (χ4n) is 1.88. The average molecular weight is 281 g/mol. The van der Waals surface area contributed by atoms with E-state index in [-0.39, 0.29) is 0 Å². The van der Waals surface area contributed by atoms with Crippen molar-refractivity contribution in [3.05, 3.63) is 29.3 Å². The molecule has 0 aliphatic carbocycles. The van der Waals surface area contributed by atoms with E-state index in [9.17, 15) is 0 Å². The minimum absolute atomic E-state index is 0.706. The lowest BCUT2D eigenvalue weighted by Crippen LogP contribution is -2.22. The molecule has 0 radical (unpaired) electrons. The van der Waals surface area contributed by atoms with Gasteiger partial charge in [0.15, 0.2) is 0 Å². The standard InChI is InChI=1S/C13H19N3S2/c1-10(9-17-2)6-14-7-11-8-15-16-13(11)12-4-3-5-18-12/h3-5,8,10,14H,6-7,9H2,1-2H3,(H,15,16). The molecule has 98 valence electrons. The van der Waals surface area contributed by atoms with Gasteiger partial charge in [0, 0.05) is 12.1 Å². The molecule has 2 aromatic heterocycles. The molecule has 3 nitrogen and oxygen atoms in total. The molecule has 0 aliphatic rings. The normalized spacial score (nSPS) is 12.8. The molecule has 0 amide bonds. The van der Waals surface area contributed by atoms with Crippen LogP contribution in [0, 0.1) is 5.92 Å². The predicted molar refractivity (Wildman–Crippen MR) is 81.2 cm³/mol. The monoisotopic (exact) mass is 281 g/mol. The van der Waals surface area contributed by atoms with Gasteiger partial charge >= 0.3 is 0 Å². The number of H-pyrrole nitrogens is 1. The van der Waals surface area contributed by atoms with Gasteiger partial charge in [0.25, 0.3) is 0 Å². The van der Waals surface area contributed by atoms with Crippen LogP contribution in [0.25, 0.3) is 10.6 Å². The van der Waals surface area contributed by atoms with Crippen molar-refractivity contribution in [2.24, 2.45) is 5.92 Å². The third-order valence-corrected chi connectivity index (χ3v) is 4.53. The molecule has 0 aliphatic heterocycles. The number of thioether (sulfide) groups is 1. The smallest absolute Gasteiger partial charge is 0.0794 e. The second kappa shape index (κ2) is 6.97. The van der Waals surface area contributed by atoms with Crippen molar-refractivity contribution in [1.29, 1.82) is 0 Å². The summed E-state index contributed by atoms with van der Waals surface area (Å²) in [5, 5.41) is 12.8. The van der Waals surface area contributed by atoms with Gasteiger partial charge in [-0.3, -0.25) is 5.10 Å². The van der Waals surface area contributed by atoms with E-state index in [2.05, 4.69) is 46.2 Å². The molecule has 2 heterocycles. The van der Waals surface area contributed by atoms with E-state index in [0.717, 1.165) is 18.8 Å². The minimum atomic E-state index is 0.706. The summed E-state index contributed by atoms with van der Waals surface area (Å²) in [5.74, 6) is 1.91. The molecular weight excluding hydrogens is 262 g/mol. The molecule has 0 bridgehead atoms. The van der Waals surface area contributed by atoms with E-state index in [1.54, 1.807) is 11.3 Å². The number of hydrogen-bond donors (Lipinski definition) is 2. The fourth-order valence-corrected chi connectivity index (χ4v) is 3.32. The van der Waals surface area contributed by atoms with Gasteiger partial charge in [-0.15, -0.1) is 11.3 Å². The summed E-state index contributed by atoms with van der Waals surface area (Å²) in [5.41, 5.74) is 2.39. The van der Waals surface area contributed by atoms with E-state index >= 15 is 0 Å². The Bertz CT molecular complexity index is 451. The Morgan fingerprint density at radius 2 is 2.44 bits per heavy atom. The van der Waals surface area contributed by atoms with Crippen LogP contribution in [-0.4, -0.2) is 28.8 Å². The Balaban J connectivity index is 1.89. The number of nitrogens with one attached hydrogen (secondary N) is 2. The average Bonchev–Trinajstić information content (AvgIpc) is 2.98. The van der Waals surface area contributed by atoms with Gasteiger partial charge < -0.3 is 5.32 Å². The summed E-state index contributed by atoms with van der Waals surface area (Å²) < 4.78 is 0. The lowest BCUT2D eigenvalue weighted by molar-refractivity contribution is 0.560. The van der Waals surface area contributed by atoms with Crippen LogP contribution in [-0.2, 0) is 6.54 Å². The molecule has 0 aromatic carbocycles. The van der Waals surface area contributed by atoms with Gasteiger partial charge in [-0.1, -0.05) is 13.0 Å². The summed E-state index contributed by atoms with van der Waals surface area (Å²) in [4.78, 5) is 1.25. The molecule has 0 spiro atoms. The number of aromatic amines is 1. The highest BCUT2D eigenvalue weighted by molar-refractivity contribution is 7.98. The lowest BCUT2D eigenvalue weighted by Gasteiger charge is -2.10. The van der Waals surface area contributed by atoms with Crippen molar-refractivity contribution >= 4 is 23.1 Å². The molecule has 1 unspecified atom stereocenters. The molecule has 18 heavy (non-hydrogen) atoms. The van der Waals surface area contributed by atoms with Crippen molar-refractivity contribution in [2.75, 3.05) is 18.6 Å².